The molecule has 0 aromatic carbocycles. The topological polar surface area (TPSA) is 41.6 Å². The fourth-order valence-corrected chi connectivity index (χ4v) is 1.72. The Morgan fingerprint density at radius 3 is 2.35 bits per heavy atom. The predicted molar refractivity (Wildman–Crippen MR) is 76.8 cm³/mol. The second-order valence-electron chi connectivity index (χ2n) is 4.53. The van der Waals surface area contributed by atoms with Gasteiger partial charge < -0.3 is 5.01 Å². The van der Waals surface area contributed by atoms with E-state index in [0.29, 0.717) is 0 Å². The Hall–Kier alpha value is -0.830. The molecular weight excluding hydrogens is 210 g/mol. The van der Waals surface area contributed by atoms with Gasteiger partial charge in [-0.1, -0.05) is 46.0 Å². The van der Waals surface area contributed by atoms with Gasteiger partial charge in [0.25, 0.3) is 0 Å². The maximum absolute atomic E-state index is 5.91. The van der Waals surface area contributed by atoms with E-state index in [1.807, 2.05) is 6.20 Å². The number of allylic oxidation sites excluding steroid dienone is 1. The molecule has 2 N–H and O–H groups in total. The van der Waals surface area contributed by atoms with Gasteiger partial charge in [0.1, 0.15) is 0 Å². The number of aliphatic imine (C=N–C) groups is 1. The minimum atomic E-state index is 0.910. The summed E-state index contributed by atoms with van der Waals surface area (Å²) in [5.74, 6) is 5.91. The van der Waals surface area contributed by atoms with E-state index in [2.05, 4.69) is 25.6 Å². The van der Waals surface area contributed by atoms with Crippen LogP contribution in [0, 0.1) is 0 Å². The first-order valence-electron chi connectivity index (χ1n) is 6.93. The third-order valence-electron chi connectivity index (χ3n) is 2.82. The smallest absolute Gasteiger partial charge is 0.0569 e. The third-order valence-corrected chi connectivity index (χ3v) is 2.82. The van der Waals surface area contributed by atoms with Crippen molar-refractivity contribution in [1.82, 2.24) is 5.01 Å². The van der Waals surface area contributed by atoms with E-state index >= 15 is 0 Å². The van der Waals surface area contributed by atoms with Gasteiger partial charge in [0.05, 0.1) is 5.70 Å². The number of nitrogens with zero attached hydrogens (tertiary/aromatic N) is 2. The van der Waals surface area contributed by atoms with Crippen molar-refractivity contribution in [2.45, 2.75) is 65.2 Å². The van der Waals surface area contributed by atoms with Crippen LogP contribution in [0.5, 0.6) is 0 Å². The Morgan fingerprint density at radius 1 is 1.12 bits per heavy atom. The van der Waals surface area contributed by atoms with E-state index < -0.39 is 0 Å². The lowest BCUT2D eigenvalue weighted by atomic mass is 10.1. The molecule has 0 fully saturated rings. The standard InChI is InChI=1S/C14H29N3/c1-4-6-8-10-12-17(15)13-14(16-3)11-9-7-5-2/h13H,3-12,15H2,1-2H3/b14-13-. The molecule has 0 spiro atoms. The summed E-state index contributed by atoms with van der Waals surface area (Å²) in [4.78, 5) is 4.03. The largest absolute Gasteiger partial charge is 0.316 e. The van der Waals surface area contributed by atoms with Gasteiger partial charge in [0, 0.05) is 12.7 Å². The average molecular weight is 239 g/mol. The lowest BCUT2D eigenvalue weighted by Crippen LogP contribution is -2.26. The van der Waals surface area contributed by atoms with Crippen LogP contribution in [0.4, 0.5) is 0 Å². The summed E-state index contributed by atoms with van der Waals surface area (Å²) in [6, 6.07) is 0. The van der Waals surface area contributed by atoms with Crippen molar-refractivity contribution in [2.24, 2.45) is 10.8 Å². The number of nitrogens with two attached hydrogens (primary N) is 1. The summed E-state index contributed by atoms with van der Waals surface area (Å²) in [5, 5.41) is 1.76. The van der Waals surface area contributed by atoms with Crippen molar-refractivity contribution in [3.8, 4) is 0 Å². The van der Waals surface area contributed by atoms with Crippen LogP contribution < -0.4 is 5.84 Å². The Kier molecular flexibility index (Phi) is 11.1. The second-order valence-corrected chi connectivity index (χ2v) is 4.53. The zero-order chi connectivity index (χ0) is 12.9. The lowest BCUT2D eigenvalue weighted by Gasteiger charge is -2.14. The van der Waals surface area contributed by atoms with Gasteiger partial charge in [-0.2, -0.15) is 0 Å². The molecule has 17 heavy (non-hydrogen) atoms. The van der Waals surface area contributed by atoms with Crippen LogP contribution in [0.3, 0.4) is 0 Å². The molecule has 0 heterocycles. The van der Waals surface area contributed by atoms with Gasteiger partial charge >= 0.3 is 0 Å². The Morgan fingerprint density at radius 2 is 1.76 bits per heavy atom. The highest BCUT2D eigenvalue weighted by atomic mass is 15.4. The number of hydrogen-bond donors (Lipinski definition) is 1. The quantitative estimate of drug-likeness (QED) is 0.257. The number of unbranched alkanes of at least 4 members (excludes halogenated alkanes) is 5. The monoisotopic (exact) mass is 239 g/mol. The van der Waals surface area contributed by atoms with Crippen molar-refractivity contribution >= 4 is 6.72 Å². The first-order valence-corrected chi connectivity index (χ1v) is 6.93. The lowest BCUT2D eigenvalue weighted by molar-refractivity contribution is 0.373. The predicted octanol–water partition coefficient (Wildman–Crippen LogP) is 3.86. The van der Waals surface area contributed by atoms with E-state index in [0.717, 1.165) is 25.1 Å². The first kappa shape index (κ1) is 16.2. The minimum Gasteiger partial charge on any atom is -0.316 e. The molecular formula is C14H29N3. The van der Waals surface area contributed by atoms with Gasteiger partial charge in [-0.15, -0.1) is 0 Å². The van der Waals surface area contributed by atoms with Crippen molar-refractivity contribution in [1.29, 1.82) is 0 Å². The van der Waals surface area contributed by atoms with Crippen molar-refractivity contribution in [3.63, 3.8) is 0 Å². The van der Waals surface area contributed by atoms with Crippen LogP contribution >= 0.6 is 0 Å². The first-order chi connectivity index (χ1) is 8.24. The molecule has 0 aliphatic carbocycles. The summed E-state index contributed by atoms with van der Waals surface area (Å²) < 4.78 is 0. The zero-order valence-corrected chi connectivity index (χ0v) is 11.6. The van der Waals surface area contributed by atoms with E-state index in [4.69, 9.17) is 5.84 Å². The molecule has 0 rings (SSSR count). The van der Waals surface area contributed by atoms with Gasteiger partial charge in [-0.25, -0.2) is 5.84 Å². The molecule has 0 aliphatic heterocycles. The summed E-state index contributed by atoms with van der Waals surface area (Å²) >= 11 is 0. The Balaban J connectivity index is 3.82. The molecule has 0 bridgehead atoms. The van der Waals surface area contributed by atoms with Crippen LogP contribution in [-0.4, -0.2) is 18.3 Å². The molecule has 0 aromatic heterocycles. The van der Waals surface area contributed by atoms with Crippen LogP contribution in [0.15, 0.2) is 16.9 Å². The van der Waals surface area contributed by atoms with Crippen molar-refractivity contribution < 1.29 is 0 Å². The highest BCUT2D eigenvalue weighted by Crippen LogP contribution is 2.10. The summed E-state index contributed by atoms with van der Waals surface area (Å²) in [6.07, 6.45) is 11.5. The molecule has 3 heteroatoms. The fourth-order valence-electron chi connectivity index (χ4n) is 1.72. The van der Waals surface area contributed by atoms with Gasteiger partial charge in [-0.05, 0) is 26.0 Å². The molecule has 0 unspecified atom stereocenters. The maximum atomic E-state index is 5.91. The summed E-state index contributed by atoms with van der Waals surface area (Å²) in [6.45, 7) is 8.93. The van der Waals surface area contributed by atoms with Gasteiger partial charge in [0.2, 0.25) is 0 Å². The normalized spacial score (nSPS) is 11.6. The van der Waals surface area contributed by atoms with E-state index in [9.17, 15) is 0 Å². The average Bonchev–Trinajstić information content (AvgIpc) is 2.33. The van der Waals surface area contributed by atoms with Crippen molar-refractivity contribution in [2.75, 3.05) is 6.54 Å². The highest BCUT2D eigenvalue weighted by Gasteiger charge is 1.98. The summed E-state index contributed by atoms with van der Waals surface area (Å²) in [5.41, 5.74) is 1.01. The fraction of sp³-hybridized carbons (Fsp3) is 0.786. The molecule has 0 aliphatic rings. The van der Waals surface area contributed by atoms with Crippen LogP contribution in [0.25, 0.3) is 0 Å². The molecule has 0 aromatic rings. The highest BCUT2D eigenvalue weighted by molar-refractivity contribution is 5.28. The molecule has 0 radical (unpaired) electrons. The second kappa shape index (κ2) is 11.6. The summed E-state index contributed by atoms with van der Waals surface area (Å²) in [7, 11) is 0. The van der Waals surface area contributed by atoms with Crippen molar-refractivity contribution in [3.05, 3.63) is 11.9 Å². The van der Waals surface area contributed by atoms with Gasteiger partial charge in [0.15, 0.2) is 0 Å². The third kappa shape index (κ3) is 10.1. The SMILES string of the molecule is C=N/C(=C\N(N)CCCCCC)CCCCC. The molecule has 0 saturated carbocycles. The number of hydrazine groups is 1. The van der Waals surface area contributed by atoms with Crippen LogP contribution in [0.2, 0.25) is 0 Å². The molecule has 100 valence electrons. The maximum Gasteiger partial charge on any atom is 0.0569 e. The Labute approximate surface area is 107 Å². The molecule has 0 atom stereocenters. The molecule has 3 nitrogen and oxygen atoms in total. The number of rotatable bonds is 11. The van der Waals surface area contributed by atoms with Gasteiger partial charge in [-0.3, -0.25) is 4.99 Å². The molecule has 0 saturated heterocycles. The van der Waals surface area contributed by atoms with E-state index in [1.165, 1.54) is 38.5 Å². The van der Waals surface area contributed by atoms with Crippen LogP contribution in [0.1, 0.15) is 65.2 Å². The Bertz CT molecular complexity index is 212. The van der Waals surface area contributed by atoms with Crippen LogP contribution in [-0.2, 0) is 0 Å². The van der Waals surface area contributed by atoms with E-state index in [1.54, 1.807) is 5.01 Å². The number of hydrogen-bond acceptors (Lipinski definition) is 3. The molecule has 0 amide bonds. The van der Waals surface area contributed by atoms with E-state index in [-0.39, 0.29) is 0 Å². The zero-order valence-electron chi connectivity index (χ0n) is 11.6. The minimum absolute atomic E-state index is 0.910.